The standard InChI is InChI=1S/C17H15IN2O2/c18-20-15(10-11-16(20)21)17(19-22)14-8-6-13(7-9-14)12-4-2-1-3-5-12/h1-9,15,17H,10-11H2. The van der Waals surface area contributed by atoms with E-state index in [0.717, 1.165) is 16.7 Å². The van der Waals surface area contributed by atoms with Crippen LogP contribution >= 0.6 is 22.9 Å². The Labute approximate surface area is 143 Å². The zero-order valence-electron chi connectivity index (χ0n) is 11.9. The second-order valence-corrected chi connectivity index (χ2v) is 6.39. The number of rotatable bonds is 4. The maximum atomic E-state index is 11.7. The molecule has 22 heavy (non-hydrogen) atoms. The Bertz CT molecular complexity index is 673. The van der Waals surface area contributed by atoms with E-state index >= 15 is 0 Å². The lowest BCUT2D eigenvalue weighted by Crippen LogP contribution is -2.28. The molecule has 0 radical (unpaired) electrons. The molecule has 1 aliphatic heterocycles. The number of hydrogen-bond acceptors (Lipinski definition) is 3. The lowest BCUT2D eigenvalue weighted by atomic mass is 9.96. The zero-order chi connectivity index (χ0) is 15.5. The summed E-state index contributed by atoms with van der Waals surface area (Å²) in [5.74, 6) is 0.0696. The van der Waals surface area contributed by atoms with E-state index in [1.807, 2.05) is 77.5 Å². The maximum absolute atomic E-state index is 11.7. The first-order chi connectivity index (χ1) is 10.7. The van der Waals surface area contributed by atoms with Gasteiger partial charge in [-0.1, -0.05) is 59.8 Å². The number of halogens is 1. The summed E-state index contributed by atoms with van der Waals surface area (Å²) >= 11 is 1.99. The van der Waals surface area contributed by atoms with Crippen LogP contribution in [0.3, 0.4) is 0 Å². The molecule has 1 fully saturated rings. The number of nitroso groups, excluding NO2 is 1. The van der Waals surface area contributed by atoms with Gasteiger partial charge in [-0.25, -0.2) is 0 Å². The lowest BCUT2D eigenvalue weighted by molar-refractivity contribution is -0.123. The number of hydrogen-bond donors (Lipinski definition) is 0. The lowest BCUT2D eigenvalue weighted by Gasteiger charge is -2.22. The summed E-state index contributed by atoms with van der Waals surface area (Å²) in [5, 5.41) is 3.28. The van der Waals surface area contributed by atoms with Crippen LogP contribution in [0.4, 0.5) is 0 Å². The molecule has 3 rings (SSSR count). The average molecular weight is 406 g/mol. The summed E-state index contributed by atoms with van der Waals surface area (Å²) in [4.78, 5) is 23.0. The normalized spacial score (nSPS) is 19.2. The van der Waals surface area contributed by atoms with E-state index in [9.17, 15) is 9.70 Å². The Morgan fingerprint density at radius 2 is 1.68 bits per heavy atom. The molecule has 4 nitrogen and oxygen atoms in total. The SMILES string of the molecule is O=NC(c1ccc(-c2ccccc2)cc1)C1CCC(=O)N1I. The van der Waals surface area contributed by atoms with Crippen molar-refractivity contribution in [3.05, 3.63) is 65.1 Å². The van der Waals surface area contributed by atoms with Gasteiger partial charge < -0.3 is 0 Å². The van der Waals surface area contributed by atoms with Gasteiger partial charge in [-0.05, 0) is 23.1 Å². The molecule has 1 heterocycles. The third kappa shape index (κ3) is 2.90. The van der Waals surface area contributed by atoms with E-state index in [4.69, 9.17) is 0 Å². The zero-order valence-corrected chi connectivity index (χ0v) is 14.0. The van der Waals surface area contributed by atoms with E-state index in [1.165, 1.54) is 0 Å². The van der Waals surface area contributed by atoms with Crippen molar-refractivity contribution >= 4 is 28.8 Å². The highest BCUT2D eigenvalue weighted by atomic mass is 127. The minimum Gasteiger partial charge on any atom is -0.279 e. The maximum Gasteiger partial charge on any atom is 0.231 e. The van der Waals surface area contributed by atoms with E-state index < -0.39 is 6.04 Å². The predicted octanol–water partition coefficient (Wildman–Crippen LogP) is 4.50. The van der Waals surface area contributed by atoms with Gasteiger partial charge in [-0.2, -0.15) is 4.91 Å². The van der Waals surface area contributed by atoms with Crippen LogP contribution in [0.5, 0.6) is 0 Å². The Morgan fingerprint density at radius 3 is 2.23 bits per heavy atom. The summed E-state index contributed by atoms with van der Waals surface area (Å²) in [6, 6.07) is 17.3. The minimum atomic E-state index is -0.506. The Morgan fingerprint density at radius 1 is 1.05 bits per heavy atom. The topological polar surface area (TPSA) is 49.7 Å². The second-order valence-electron chi connectivity index (χ2n) is 5.35. The van der Waals surface area contributed by atoms with Crippen LogP contribution in [0.2, 0.25) is 0 Å². The van der Waals surface area contributed by atoms with Gasteiger partial charge in [0, 0.05) is 6.42 Å². The fourth-order valence-electron chi connectivity index (χ4n) is 2.81. The number of nitrogens with zero attached hydrogens (tertiary/aromatic N) is 2. The van der Waals surface area contributed by atoms with Gasteiger partial charge in [-0.3, -0.25) is 7.91 Å². The fourth-order valence-corrected chi connectivity index (χ4v) is 3.64. The molecular weight excluding hydrogens is 391 g/mol. The molecule has 112 valence electrons. The molecule has 0 aliphatic carbocycles. The van der Waals surface area contributed by atoms with Gasteiger partial charge >= 0.3 is 0 Å². The highest BCUT2D eigenvalue weighted by Gasteiger charge is 2.37. The van der Waals surface area contributed by atoms with Gasteiger partial charge in [0.15, 0.2) is 0 Å². The molecule has 5 heteroatoms. The Kier molecular flexibility index (Phi) is 4.52. The number of carbonyl (C=O) groups excluding carboxylic acids is 1. The second kappa shape index (κ2) is 6.56. The van der Waals surface area contributed by atoms with E-state index in [2.05, 4.69) is 5.18 Å². The molecular formula is C17H15IN2O2. The van der Waals surface area contributed by atoms with Gasteiger partial charge in [0.05, 0.1) is 28.9 Å². The molecule has 1 aliphatic rings. The van der Waals surface area contributed by atoms with Crippen LogP contribution < -0.4 is 0 Å². The molecule has 1 amide bonds. The molecule has 1 saturated heterocycles. The van der Waals surface area contributed by atoms with Gasteiger partial charge in [0.25, 0.3) is 0 Å². The quantitative estimate of drug-likeness (QED) is 0.427. The molecule has 0 N–H and O–H groups in total. The first kappa shape index (κ1) is 15.1. The number of amides is 1. The molecule has 0 bridgehead atoms. The molecule has 2 unspecified atom stereocenters. The molecule has 0 spiro atoms. The number of carbonyl (C=O) groups is 1. The average Bonchev–Trinajstić information content (AvgIpc) is 2.90. The van der Waals surface area contributed by atoms with Crippen molar-refractivity contribution in [3.8, 4) is 11.1 Å². The van der Waals surface area contributed by atoms with Crippen molar-refractivity contribution < 1.29 is 4.79 Å². The summed E-state index contributed by atoms with van der Waals surface area (Å²) in [5.41, 5.74) is 3.09. The summed E-state index contributed by atoms with van der Waals surface area (Å²) in [7, 11) is 0. The first-order valence-corrected chi connectivity index (χ1v) is 8.13. The fraction of sp³-hybridized carbons (Fsp3) is 0.235. The van der Waals surface area contributed by atoms with E-state index in [0.29, 0.717) is 12.8 Å². The molecule has 2 atom stereocenters. The van der Waals surface area contributed by atoms with Crippen LogP contribution in [0.15, 0.2) is 59.8 Å². The molecule has 2 aromatic rings. The van der Waals surface area contributed by atoms with Crippen molar-refractivity contribution in [1.29, 1.82) is 0 Å². The largest absolute Gasteiger partial charge is 0.279 e. The van der Waals surface area contributed by atoms with Crippen LogP contribution in [-0.4, -0.2) is 15.1 Å². The third-order valence-electron chi connectivity index (χ3n) is 4.02. The van der Waals surface area contributed by atoms with Crippen molar-refractivity contribution in [1.82, 2.24) is 3.11 Å². The summed E-state index contributed by atoms with van der Waals surface area (Å²) in [6.45, 7) is 0. The highest BCUT2D eigenvalue weighted by molar-refractivity contribution is 14.1. The molecule has 0 aromatic heterocycles. The first-order valence-electron chi connectivity index (χ1n) is 7.16. The van der Waals surface area contributed by atoms with Crippen LogP contribution in [0.1, 0.15) is 24.4 Å². The monoisotopic (exact) mass is 406 g/mol. The minimum absolute atomic E-state index is 0.0696. The van der Waals surface area contributed by atoms with Crippen LogP contribution in [-0.2, 0) is 4.79 Å². The van der Waals surface area contributed by atoms with Crippen molar-refractivity contribution in [2.45, 2.75) is 24.9 Å². The van der Waals surface area contributed by atoms with Crippen molar-refractivity contribution in [3.63, 3.8) is 0 Å². The van der Waals surface area contributed by atoms with Crippen LogP contribution in [0.25, 0.3) is 11.1 Å². The number of benzene rings is 2. The van der Waals surface area contributed by atoms with Gasteiger partial charge in [-0.15, -0.1) is 0 Å². The van der Waals surface area contributed by atoms with Crippen molar-refractivity contribution in [2.24, 2.45) is 5.18 Å². The highest BCUT2D eigenvalue weighted by Crippen LogP contribution is 2.35. The summed E-state index contributed by atoms with van der Waals surface area (Å²) < 4.78 is 1.62. The Balaban J connectivity index is 1.85. The summed E-state index contributed by atoms with van der Waals surface area (Å²) in [6.07, 6.45) is 1.17. The predicted molar refractivity (Wildman–Crippen MR) is 94.3 cm³/mol. The molecule has 0 saturated carbocycles. The van der Waals surface area contributed by atoms with E-state index in [1.54, 1.807) is 3.11 Å². The Hall–Kier alpha value is -1.76. The third-order valence-corrected chi connectivity index (χ3v) is 5.27. The smallest absolute Gasteiger partial charge is 0.231 e. The van der Waals surface area contributed by atoms with Crippen molar-refractivity contribution in [2.75, 3.05) is 0 Å². The van der Waals surface area contributed by atoms with Gasteiger partial charge in [0.2, 0.25) is 5.91 Å². The van der Waals surface area contributed by atoms with Crippen LogP contribution in [0, 0.1) is 4.91 Å². The molecule has 2 aromatic carbocycles. The van der Waals surface area contributed by atoms with Gasteiger partial charge in [0.1, 0.15) is 6.04 Å². The van der Waals surface area contributed by atoms with E-state index in [-0.39, 0.29) is 11.9 Å².